The molecule has 21 heavy (non-hydrogen) atoms. The molecule has 1 aromatic carbocycles. The molecule has 1 fully saturated rings. The Bertz CT molecular complexity index is 679. The molecule has 5 nitrogen and oxygen atoms in total. The molecule has 0 unspecified atom stereocenters. The van der Waals surface area contributed by atoms with E-state index in [0.717, 1.165) is 11.0 Å². The lowest BCUT2D eigenvalue weighted by Gasteiger charge is -2.32. The maximum atomic E-state index is 10.9. The van der Waals surface area contributed by atoms with Gasteiger partial charge in [-0.15, -0.1) is 0 Å². The topological polar surface area (TPSA) is 61.8 Å². The zero-order chi connectivity index (χ0) is 15.3. The maximum absolute atomic E-state index is 10.9. The van der Waals surface area contributed by atoms with Crippen molar-refractivity contribution in [3.63, 3.8) is 0 Å². The Balaban J connectivity index is 1.84. The molecule has 0 aliphatic carbocycles. The number of hydrogen-bond acceptors (Lipinski definition) is 5. The van der Waals surface area contributed by atoms with Crippen LogP contribution in [-0.4, -0.2) is 18.3 Å². The predicted molar refractivity (Wildman–Crippen MR) is 78.4 cm³/mol. The van der Waals surface area contributed by atoms with Gasteiger partial charge >= 0.3 is 12.9 Å². The van der Waals surface area contributed by atoms with Crippen LogP contribution in [0.5, 0.6) is 0 Å². The first-order valence-electron chi connectivity index (χ1n) is 6.83. The Morgan fingerprint density at radius 2 is 1.52 bits per heavy atom. The molecule has 1 saturated heterocycles. The van der Waals surface area contributed by atoms with E-state index in [9.17, 15) is 4.79 Å². The van der Waals surface area contributed by atoms with E-state index in [1.807, 2.05) is 52.0 Å². The van der Waals surface area contributed by atoms with Gasteiger partial charge in [0, 0.05) is 5.56 Å². The van der Waals surface area contributed by atoms with Crippen molar-refractivity contribution < 1.29 is 18.1 Å². The zero-order valence-corrected chi connectivity index (χ0v) is 12.5. The SMILES string of the molecule is CC1(C)OB(c2ccc(-c3coc(=O)o3)cc2)OC1(C)C. The minimum Gasteiger partial charge on any atom is -0.399 e. The maximum Gasteiger partial charge on any atom is 0.519 e. The van der Waals surface area contributed by atoms with E-state index in [1.165, 1.54) is 6.26 Å². The Hall–Kier alpha value is -1.79. The Morgan fingerprint density at radius 3 is 2.00 bits per heavy atom. The van der Waals surface area contributed by atoms with Gasteiger partial charge in [0.1, 0.15) is 6.26 Å². The highest BCUT2D eigenvalue weighted by atomic mass is 16.7. The monoisotopic (exact) mass is 288 g/mol. The van der Waals surface area contributed by atoms with Crippen LogP contribution in [0.3, 0.4) is 0 Å². The van der Waals surface area contributed by atoms with E-state index < -0.39 is 12.9 Å². The standard InChI is InChI=1S/C15H17BO5/c1-14(2)15(3,4)21-16(20-14)11-7-5-10(6-8-11)12-9-18-13(17)19-12/h5-9H,1-4H3. The number of rotatable bonds is 2. The van der Waals surface area contributed by atoms with Gasteiger partial charge in [-0.2, -0.15) is 0 Å². The molecule has 0 saturated carbocycles. The third-order valence-corrected chi connectivity index (χ3v) is 4.18. The summed E-state index contributed by atoms with van der Waals surface area (Å²) in [4.78, 5) is 10.9. The molecule has 0 radical (unpaired) electrons. The normalized spacial score (nSPS) is 19.9. The Morgan fingerprint density at radius 1 is 0.952 bits per heavy atom. The van der Waals surface area contributed by atoms with Gasteiger partial charge in [0.25, 0.3) is 0 Å². The third kappa shape index (κ3) is 2.45. The summed E-state index contributed by atoms with van der Waals surface area (Å²) in [6.45, 7) is 8.06. The van der Waals surface area contributed by atoms with Gasteiger partial charge in [-0.05, 0) is 33.2 Å². The first kappa shape index (κ1) is 14.2. The fraction of sp³-hybridized carbons (Fsp3) is 0.400. The molecule has 1 aliphatic heterocycles. The van der Waals surface area contributed by atoms with Gasteiger partial charge in [0.2, 0.25) is 0 Å². The van der Waals surface area contributed by atoms with Crippen LogP contribution in [-0.2, 0) is 9.31 Å². The van der Waals surface area contributed by atoms with Crippen LogP contribution in [0, 0.1) is 0 Å². The van der Waals surface area contributed by atoms with Gasteiger partial charge in [-0.3, -0.25) is 0 Å². The summed E-state index contributed by atoms with van der Waals surface area (Å²) < 4.78 is 21.5. The summed E-state index contributed by atoms with van der Waals surface area (Å²) in [6, 6.07) is 7.47. The molecular formula is C15H17BO5. The summed E-state index contributed by atoms with van der Waals surface area (Å²) in [7, 11) is -0.402. The molecule has 0 atom stereocenters. The molecule has 2 heterocycles. The molecule has 1 aromatic heterocycles. The van der Waals surface area contributed by atoms with Crippen molar-refractivity contribution in [2.45, 2.75) is 38.9 Å². The van der Waals surface area contributed by atoms with Gasteiger partial charge in [-0.25, -0.2) is 4.79 Å². The lowest BCUT2D eigenvalue weighted by atomic mass is 9.79. The minimum atomic E-state index is -0.708. The smallest absolute Gasteiger partial charge is 0.399 e. The predicted octanol–water partition coefficient (Wildman–Crippen LogP) is 2.20. The van der Waals surface area contributed by atoms with Crippen LogP contribution in [0.2, 0.25) is 0 Å². The van der Waals surface area contributed by atoms with Crippen LogP contribution in [0.4, 0.5) is 0 Å². The van der Waals surface area contributed by atoms with E-state index in [1.54, 1.807) is 0 Å². The second-order valence-corrected chi connectivity index (χ2v) is 6.16. The van der Waals surface area contributed by atoms with Gasteiger partial charge in [-0.1, -0.05) is 24.3 Å². The molecule has 0 N–H and O–H groups in total. The van der Waals surface area contributed by atoms with Gasteiger partial charge < -0.3 is 18.1 Å². The van der Waals surface area contributed by atoms with E-state index >= 15 is 0 Å². The molecule has 3 rings (SSSR count). The van der Waals surface area contributed by atoms with E-state index in [4.69, 9.17) is 13.7 Å². The van der Waals surface area contributed by atoms with Crippen molar-refractivity contribution in [3.8, 4) is 11.3 Å². The second-order valence-electron chi connectivity index (χ2n) is 6.16. The highest BCUT2D eigenvalue weighted by Crippen LogP contribution is 2.36. The molecule has 110 valence electrons. The van der Waals surface area contributed by atoms with Gasteiger partial charge in [0.15, 0.2) is 5.76 Å². The average molecular weight is 288 g/mol. The van der Waals surface area contributed by atoms with Crippen LogP contribution < -0.4 is 11.3 Å². The van der Waals surface area contributed by atoms with E-state index in [0.29, 0.717) is 5.76 Å². The molecule has 2 aromatic rings. The summed E-state index contributed by atoms with van der Waals surface area (Å²) in [5.41, 5.74) is 0.950. The van der Waals surface area contributed by atoms with Crippen molar-refractivity contribution in [2.24, 2.45) is 0 Å². The van der Waals surface area contributed by atoms with Crippen LogP contribution in [0.1, 0.15) is 27.7 Å². The lowest BCUT2D eigenvalue weighted by molar-refractivity contribution is 0.00578. The summed E-state index contributed by atoms with van der Waals surface area (Å²) in [5, 5.41) is 0. The fourth-order valence-electron chi connectivity index (χ4n) is 2.15. The second kappa shape index (κ2) is 4.61. The number of benzene rings is 1. The van der Waals surface area contributed by atoms with E-state index in [2.05, 4.69) is 4.42 Å². The minimum absolute atomic E-state index is 0.367. The molecule has 0 amide bonds. The van der Waals surface area contributed by atoms with Crippen LogP contribution >= 0.6 is 0 Å². The fourth-order valence-corrected chi connectivity index (χ4v) is 2.15. The molecular weight excluding hydrogens is 271 g/mol. The van der Waals surface area contributed by atoms with Crippen LogP contribution in [0.25, 0.3) is 11.3 Å². The molecule has 1 aliphatic rings. The molecule has 0 spiro atoms. The first-order valence-corrected chi connectivity index (χ1v) is 6.83. The van der Waals surface area contributed by atoms with E-state index in [-0.39, 0.29) is 11.2 Å². The molecule has 0 bridgehead atoms. The quantitative estimate of drug-likeness (QED) is 0.793. The Kier molecular flexibility index (Phi) is 3.11. The van der Waals surface area contributed by atoms with Crippen molar-refractivity contribution >= 4 is 12.6 Å². The average Bonchev–Trinajstić information content (AvgIpc) is 2.92. The Labute approximate surface area is 123 Å². The zero-order valence-electron chi connectivity index (χ0n) is 12.5. The van der Waals surface area contributed by atoms with Gasteiger partial charge in [0.05, 0.1) is 11.2 Å². The molecule has 6 heteroatoms. The highest BCUT2D eigenvalue weighted by Gasteiger charge is 2.51. The van der Waals surface area contributed by atoms with Crippen molar-refractivity contribution in [3.05, 3.63) is 41.1 Å². The largest absolute Gasteiger partial charge is 0.519 e. The third-order valence-electron chi connectivity index (χ3n) is 4.18. The first-order chi connectivity index (χ1) is 9.78. The number of hydrogen-bond donors (Lipinski definition) is 0. The van der Waals surface area contributed by atoms with Crippen LogP contribution in [0.15, 0.2) is 44.2 Å². The summed E-state index contributed by atoms with van der Waals surface area (Å²) >= 11 is 0. The van der Waals surface area contributed by atoms with Crippen molar-refractivity contribution in [1.29, 1.82) is 0 Å². The summed E-state index contributed by atoms with van der Waals surface area (Å²) in [6.07, 6.45) is 1.30. The van der Waals surface area contributed by atoms with Crippen molar-refractivity contribution in [2.75, 3.05) is 0 Å². The summed E-state index contributed by atoms with van der Waals surface area (Å²) in [5.74, 6) is -0.305. The highest BCUT2D eigenvalue weighted by molar-refractivity contribution is 6.62. The van der Waals surface area contributed by atoms with Crippen molar-refractivity contribution in [1.82, 2.24) is 0 Å². The lowest BCUT2D eigenvalue weighted by Crippen LogP contribution is -2.41.